The summed E-state index contributed by atoms with van der Waals surface area (Å²) in [6, 6.07) is 2.24. The van der Waals surface area contributed by atoms with Gasteiger partial charge in [0.25, 0.3) is 5.91 Å². The average molecular weight is 367 g/mol. The van der Waals surface area contributed by atoms with Crippen LogP contribution in [0, 0.1) is 17.6 Å². The quantitative estimate of drug-likeness (QED) is 0.875. The van der Waals surface area contributed by atoms with Crippen LogP contribution in [0.25, 0.3) is 0 Å². The van der Waals surface area contributed by atoms with Gasteiger partial charge in [-0.15, -0.1) is 0 Å². The van der Waals surface area contributed by atoms with Crippen molar-refractivity contribution in [3.63, 3.8) is 0 Å². The number of rotatable bonds is 4. The van der Waals surface area contributed by atoms with Crippen LogP contribution in [0.3, 0.4) is 0 Å². The fourth-order valence-electron chi connectivity index (χ4n) is 2.88. The van der Waals surface area contributed by atoms with Crippen molar-refractivity contribution >= 4 is 17.7 Å². The van der Waals surface area contributed by atoms with E-state index in [1.165, 1.54) is 13.0 Å². The summed E-state index contributed by atoms with van der Waals surface area (Å²) >= 11 is 0. The Labute approximate surface area is 151 Å². The van der Waals surface area contributed by atoms with E-state index in [-0.39, 0.29) is 17.7 Å². The maximum atomic E-state index is 13.8. The van der Waals surface area contributed by atoms with Crippen LogP contribution in [-0.4, -0.2) is 59.7 Å². The predicted octanol–water partition coefficient (Wildman–Crippen LogP) is 1.41. The number of piperazine rings is 1. The van der Waals surface area contributed by atoms with Gasteiger partial charge in [-0.25, -0.2) is 8.78 Å². The smallest absolute Gasteiger partial charge is 0.257 e. The van der Waals surface area contributed by atoms with Crippen molar-refractivity contribution < 1.29 is 23.2 Å². The molecule has 2 rings (SSSR count). The fraction of sp³-hybridized carbons (Fsp3) is 0.500. The molecule has 1 saturated heterocycles. The number of hydrogen-bond donors (Lipinski definition) is 1. The number of nitrogens with one attached hydrogen (secondary N) is 1. The summed E-state index contributed by atoms with van der Waals surface area (Å²) in [6.07, 6.45) is 0. The van der Waals surface area contributed by atoms with Crippen LogP contribution in [0.4, 0.5) is 8.78 Å². The predicted molar refractivity (Wildman–Crippen MR) is 91.3 cm³/mol. The third kappa shape index (κ3) is 4.36. The number of benzene rings is 1. The maximum absolute atomic E-state index is 13.8. The van der Waals surface area contributed by atoms with Gasteiger partial charge in [0.1, 0.15) is 23.2 Å². The summed E-state index contributed by atoms with van der Waals surface area (Å²) in [5.74, 6) is -3.57. The highest BCUT2D eigenvalue weighted by Gasteiger charge is 2.32. The first-order valence-corrected chi connectivity index (χ1v) is 8.51. The second kappa shape index (κ2) is 8.25. The summed E-state index contributed by atoms with van der Waals surface area (Å²) in [5, 5.41) is 2.45. The Bertz CT molecular complexity index is 681. The minimum atomic E-state index is -0.979. The second-order valence-electron chi connectivity index (χ2n) is 6.62. The summed E-state index contributed by atoms with van der Waals surface area (Å²) in [5.41, 5.74) is -0.702. The lowest BCUT2D eigenvalue weighted by Crippen LogP contribution is -2.57. The largest absolute Gasteiger partial charge is 0.340 e. The molecule has 1 atom stereocenters. The van der Waals surface area contributed by atoms with Gasteiger partial charge in [0.15, 0.2) is 0 Å². The molecule has 0 spiro atoms. The molecule has 0 aliphatic carbocycles. The Morgan fingerprint density at radius 2 is 1.50 bits per heavy atom. The number of carbonyl (C=O) groups excluding carboxylic acids is 3. The van der Waals surface area contributed by atoms with Crippen LogP contribution in [0.2, 0.25) is 0 Å². The van der Waals surface area contributed by atoms with Crippen molar-refractivity contribution in [1.29, 1.82) is 0 Å². The zero-order valence-electron chi connectivity index (χ0n) is 15.1. The van der Waals surface area contributed by atoms with Crippen LogP contribution >= 0.6 is 0 Å². The zero-order valence-corrected chi connectivity index (χ0v) is 15.1. The van der Waals surface area contributed by atoms with E-state index in [1.54, 1.807) is 23.6 Å². The summed E-state index contributed by atoms with van der Waals surface area (Å²) in [4.78, 5) is 39.7. The van der Waals surface area contributed by atoms with Gasteiger partial charge in [-0.05, 0) is 18.1 Å². The van der Waals surface area contributed by atoms with Crippen LogP contribution in [-0.2, 0) is 9.59 Å². The van der Waals surface area contributed by atoms with E-state index < -0.39 is 29.1 Å². The normalized spacial score (nSPS) is 15.8. The molecule has 1 aromatic rings. The highest BCUT2D eigenvalue weighted by Crippen LogP contribution is 2.15. The van der Waals surface area contributed by atoms with E-state index in [1.807, 2.05) is 0 Å². The van der Waals surface area contributed by atoms with E-state index in [9.17, 15) is 23.2 Å². The Hall–Kier alpha value is -2.51. The highest BCUT2D eigenvalue weighted by atomic mass is 19.1. The first-order chi connectivity index (χ1) is 12.2. The molecule has 1 aromatic carbocycles. The molecule has 26 heavy (non-hydrogen) atoms. The molecule has 1 heterocycles. The Balaban J connectivity index is 2.10. The van der Waals surface area contributed by atoms with Crippen molar-refractivity contribution in [2.75, 3.05) is 26.2 Å². The lowest BCUT2D eigenvalue weighted by molar-refractivity contribution is -0.140. The molecule has 8 heteroatoms. The van der Waals surface area contributed by atoms with Crippen LogP contribution < -0.4 is 5.32 Å². The molecular weight excluding hydrogens is 344 g/mol. The molecule has 1 aliphatic heterocycles. The Morgan fingerprint density at radius 3 is 1.96 bits per heavy atom. The number of halogens is 2. The van der Waals surface area contributed by atoms with Crippen molar-refractivity contribution in [1.82, 2.24) is 15.1 Å². The molecule has 142 valence electrons. The molecule has 0 saturated carbocycles. The molecule has 1 N–H and O–H groups in total. The average Bonchev–Trinajstić information content (AvgIpc) is 2.58. The van der Waals surface area contributed by atoms with Gasteiger partial charge in [0, 0.05) is 33.1 Å². The standard InChI is InChI=1S/C18H23F2N3O3/c1-11(2)16(18(26)23-9-7-22(8-10-23)12(3)24)21-17(25)15-13(19)5-4-6-14(15)20/h4-6,11,16H,7-10H2,1-3H3,(H,21,25). The number of nitrogens with zero attached hydrogens (tertiary/aromatic N) is 2. The molecule has 0 aromatic heterocycles. The Morgan fingerprint density at radius 1 is 1.00 bits per heavy atom. The van der Waals surface area contributed by atoms with Crippen molar-refractivity contribution in [2.45, 2.75) is 26.8 Å². The van der Waals surface area contributed by atoms with Gasteiger partial charge in [0.2, 0.25) is 11.8 Å². The Kier molecular flexibility index (Phi) is 6.28. The molecule has 3 amide bonds. The van der Waals surface area contributed by atoms with E-state index >= 15 is 0 Å². The van der Waals surface area contributed by atoms with Crippen molar-refractivity contribution in [2.24, 2.45) is 5.92 Å². The number of carbonyl (C=O) groups is 3. The molecule has 6 nitrogen and oxygen atoms in total. The first-order valence-electron chi connectivity index (χ1n) is 8.51. The SMILES string of the molecule is CC(=O)N1CCN(C(=O)C(NC(=O)c2c(F)cccc2F)C(C)C)CC1. The lowest BCUT2D eigenvalue weighted by atomic mass is 10.0. The van der Waals surface area contributed by atoms with Gasteiger partial charge in [-0.3, -0.25) is 14.4 Å². The number of hydrogen-bond acceptors (Lipinski definition) is 3. The van der Waals surface area contributed by atoms with Gasteiger partial charge < -0.3 is 15.1 Å². The van der Waals surface area contributed by atoms with E-state index in [4.69, 9.17) is 0 Å². The van der Waals surface area contributed by atoms with Crippen molar-refractivity contribution in [3.05, 3.63) is 35.4 Å². The summed E-state index contributed by atoms with van der Waals surface area (Å²) in [6.45, 7) is 6.50. The summed E-state index contributed by atoms with van der Waals surface area (Å²) in [7, 11) is 0. The summed E-state index contributed by atoms with van der Waals surface area (Å²) < 4.78 is 27.6. The van der Waals surface area contributed by atoms with Gasteiger partial charge >= 0.3 is 0 Å². The van der Waals surface area contributed by atoms with E-state index in [2.05, 4.69) is 5.32 Å². The van der Waals surface area contributed by atoms with Gasteiger partial charge in [-0.1, -0.05) is 19.9 Å². The third-order valence-corrected chi connectivity index (χ3v) is 4.45. The minimum Gasteiger partial charge on any atom is -0.340 e. The number of amides is 3. The molecule has 1 aliphatic rings. The van der Waals surface area contributed by atoms with Crippen LogP contribution in [0.5, 0.6) is 0 Å². The highest BCUT2D eigenvalue weighted by molar-refractivity contribution is 5.98. The van der Waals surface area contributed by atoms with E-state index in [0.717, 1.165) is 12.1 Å². The minimum absolute atomic E-state index is 0.0548. The monoisotopic (exact) mass is 367 g/mol. The molecule has 1 fully saturated rings. The van der Waals surface area contributed by atoms with Gasteiger partial charge in [-0.2, -0.15) is 0 Å². The van der Waals surface area contributed by atoms with Crippen LogP contribution in [0.1, 0.15) is 31.1 Å². The van der Waals surface area contributed by atoms with Crippen LogP contribution in [0.15, 0.2) is 18.2 Å². The topological polar surface area (TPSA) is 69.7 Å². The molecule has 0 bridgehead atoms. The second-order valence-corrected chi connectivity index (χ2v) is 6.62. The fourth-order valence-corrected chi connectivity index (χ4v) is 2.88. The molecular formula is C18H23F2N3O3. The lowest BCUT2D eigenvalue weighted by Gasteiger charge is -2.37. The molecule has 0 radical (unpaired) electrons. The molecule has 1 unspecified atom stereocenters. The maximum Gasteiger partial charge on any atom is 0.257 e. The van der Waals surface area contributed by atoms with Gasteiger partial charge in [0.05, 0.1) is 0 Å². The first kappa shape index (κ1) is 19.8. The van der Waals surface area contributed by atoms with Crippen molar-refractivity contribution in [3.8, 4) is 0 Å². The van der Waals surface area contributed by atoms with E-state index in [0.29, 0.717) is 26.2 Å². The zero-order chi connectivity index (χ0) is 19.4. The third-order valence-electron chi connectivity index (χ3n) is 4.45.